The molecular weight excluding hydrogens is 314 g/mol. The number of rotatable bonds is 6. The van der Waals surface area contributed by atoms with Crippen molar-refractivity contribution in [3.05, 3.63) is 54.0 Å². The van der Waals surface area contributed by atoms with E-state index in [1.807, 2.05) is 36.5 Å². The van der Waals surface area contributed by atoms with Crippen molar-refractivity contribution in [2.45, 2.75) is 44.9 Å². The van der Waals surface area contributed by atoms with Crippen LogP contribution < -0.4 is 15.4 Å². The minimum absolute atomic E-state index is 0.339. The van der Waals surface area contributed by atoms with E-state index in [-0.39, 0.29) is 0 Å². The van der Waals surface area contributed by atoms with Crippen LogP contribution in [0.2, 0.25) is 0 Å². The zero-order valence-electron chi connectivity index (χ0n) is 14.6. The third-order valence-electron chi connectivity index (χ3n) is 4.23. The predicted molar refractivity (Wildman–Crippen MR) is 98.4 cm³/mol. The van der Waals surface area contributed by atoms with Crippen molar-refractivity contribution in [1.82, 2.24) is 20.6 Å². The summed E-state index contributed by atoms with van der Waals surface area (Å²) in [5.41, 5.74) is 2.06. The molecule has 0 saturated heterocycles. The van der Waals surface area contributed by atoms with Gasteiger partial charge in [0.1, 0.15) is 6.10 Å². The van der Waals surface area contributed by atoms with Gasteiger partial charge >= 0.3 is 0 Å². The van der Waals surface area contributed by atoms with Gasteiger partial charge in [-0.2, -0.15) is 0 Å². The third kappa shape index (κ3) is 5.45. The normalized spacial score (nSPS) is 15.2. The first kappa shape index (κ1) is 17.2. The van der Waals surface area contributed by atoms with Crippen LogP contribution in [0.4, 0.5) is 0 Å². The molecule has 2 aromatic rings. The van der Waals surface area contributed by atoms with Gasteiger partial charge in [-0.15, -0.1) is 0 Å². The number of nitrogens with one attached hydrogen (secondary N) is 2. The third-order valence-corrected chi connectivity index (χ3v) is 4.23. The lowest BCUT2D eigenvalue weighted by atomic mass is 10.3. The quantitative estimate of drug-likeness (QED) is 0.625. The highest BCUT2D eigenvalue weighted by molar-refractivity contribution is 5.79. The molecule has 0 unspecified atom stereocenters. The first-order valence-electron chi connectivity index (χ1n) is 8.79. The van der Waals surface area contributed by atoms with Crippen molar-refractivity contribution < 1.29 is 4.74 Å². The smallest absolute Gasteiger partial charge is 0.213 e. The maximum atomic E-state index is 5.89. The molecule has 25 heavy (non-hydrogen) atoms. The summed E-state index contributed by atoms with van der Waals surface area (Å²) in [5.74, 6) is 1.45. The number of aliphatic imine (C=N–C) groups is 1. The average Bonchev–Trinajstić information content (AvgIpc) is 3.17. The van der Waals surface area contributed by atoms with E-state index in [9.17, 15) is 0 Å². The molecule has 0 amide bonds. The largest absolute Gasteiger partial charge is 0.474 e. The van der Waals surface area contributed by atoms with Crippen molar-refractivity contribution >= 4 is 5.96 Å². The van der Waals surface area contributed by atoms with Gasteiger partial charge in [0.25, 0.3) is 0 Å². The van der Waals surface area contributed by atoms with Gasteiger partial charge in [0.05, 0.1) is 12.2 Å². The molecule has 1 aliphatic rings. The minimum Gasteiger partial charge on any atom is -0.474 e. The maximum absolute atomic E-state index is 5.89. The number of guanidine groups is 1. The number of hydrogen-bond donors (Lipinski definition) is 2. The summed E-state index contributed by atoms with van der Waals surface area (Å²) in [5, 5.41) is 6.53. The summed E-state index contributed by atoms with van der Waals surface area (Å²) < 4.78 is 5.89. The first-order valence-corrected chi connectivity index (χ1v) is 8.79. The SMILES string of the molecule is CN=C(NCc1ccc(OC2CCCC2)nc1)NCc1ccccn1. The Labute approximate surface area is 148 Å². The fraction of sp³-hybridized carbons (Fsp3) is 0.421. The van der Waals surface area contributed by atoms with E-state index in [0.717, 1.165) is 30.1 Å². The van der Waals surface area contributed by atoms with Gasteiger partial charge in [0.15, 0.2) is 5.96 Å². The number of ether oxygens (including phenoxy) is 1. The highest BCUT2D eigenvalue weighted by atomic mass is 16.5. The van der Waals surface area contributed by atoms with Crippen LogP contribution in [0.15, 0.2) is 47.7 Å². The van der Waals surface area contributed by atoms with Crippen molar-refractivity contribution in [2.24, 2.45) is 4.99 Å². The van der Waals surface area contributed by atoms with Crippen LogP contribution in [0.25, 0.3) is 0 Å². The molecule has 132 valence electrons. The Balaban J connectivity index is 1.44. The molecule has 6 nitrogen and oxygen atoms in total. The van der Waals surface area contributed by atoms with Gasteiger partial charge < -0.3 is 15.4 Å². The van der Waals surface area contributed by atoms with Crippen LogP contribution in [0, 0.1) is 0 Å². The molecule has 2 N–H and O–H groups in total. The van der Waals surface area contributed by atoms with Gasteiger partial charge in [0.2, 0.25) is 5.88 Å². The molecule has 1 aliphatic carbocycles. The molecule has 0 aromatic carbocycles. The molecule has 2 heterocycles. The topological polar surface area (TPSA) is 71.4 Å². The Kier molecular flexibility index (Phi) is 6.20. The van der Waals surface area contributed by atoms with Gasteiger partial charge in [-0.1, -0.05) is 12.1 Å². The second-order valence-electron chi connectivity index (χ2n) is 6.13. The van der Waals surface area contributed by atoms with Crippen molar-refractivity contribution in [3.63, 3.8) is 0 Å². The molecule has 6 heteroatoms. The van der Waals surface area contributed by atoms with Gasteiger partial charge in [0, 0.05) is 32.1 Å². The molecular formula is C19H25N5O. The first-order chi connectivity index (χ1) is 12.3. The Hall–Kier alpha value is -2.63. The highest BCUT2D eigenvalue weighted by Crippen LogP contribution is 2.22. The molecule has 0 aliphatic heterocycles. The zero-order valence-corrected chi connectivity index (χ0v) is 14.6. The molecule has 2 aromatic heterocycles. The summed E-state index contributed by atoms with van der Waals surface area (Å²) >= 11 is 0. The van der Waals surface area contributed by atoms with Crippen molar-refractivity contribution in [3.8, 4) is 5.88 Å². The molecule has 0 spiro atoms. The number of nitrogens with zero attached hydrogens (tertiary/aromatic N) is 3. The molecule has 0 bridgehead atoms. The Bertz CT molecular complexity index is 666. The fourth-order valence-electron chi connectivity index (χ4n) is 2.85. The van der Waals surface area contributed by atoms with Crippen LogP contribution in [0.3, 0.4) is 0 Å². The fourth-order valence-corrected chi connectivity index (χ4v) is 2.85. The maximum Gasteiger partial charge on any atom is 0.213 e. The van der Waals surface area contributed by atoms with E-state index in [1.165, 1.54) is 12.8 Å². The highest BCUT2D eigenvalue weighted by Gasteiger charge is 2.16. The average molecular weight is 339 g/mol. The second kappa shape index (κ2) is 9.01. The van der Waals surface area contributed by atoms with Gasteiger partial charge in [-0.3, -0.25) is 9.98 Å². The summed E-state index contributed by atoms with van der Waals surface area (Å²) in [6.07, 6.45) is 8.78. The van der Waals surface area contributed by atoms with E-state index in [0.29, 0.717) is 25.1 Å². The summed E-state index contributed by atoms with van der Waals surface area (Å²) in [4.78, 5) is 12.9. The van der Waals surface area contributed by atoms with Gasteiger partial charge in [-0.05, 0) is 43.4 Å². The van der Waals surface area contributed by atoms with E-state index >= 15 is 0 Å². The van der Waals surface area contributed by atoms with E-state index in [4.69, 9.17) is 4.74 Å². The van der Waals surface area contributed by atoms with Gasteiger partial charge in [-0.25, -0.2) is 4.98 Å². The standard InChI is InChI=1S/C19H25N5O/c1-20-19(24-14-16-6-4-5-11-21-16)23-13-15-9-10-18(22-12-15)25-17-7-2-3-8-17/h4-6,9-12,17H,2-3,7-8,13-14H2,1H3,(H2,20,23,24). The number of aromatic nitrogens is 2. The Morgan fingerprint density at radius 2 is 1.96 bits per heavy atom. The molecule has 1 saturated carbocycles. The molecule has 3 rings (SSSR count). The lowest BCUT2D eigenvalue weighted by Gasteiger charge is -2.13. The second-order valence-corrected chi connectivity index (χ2v) is 6.13. The predicted octanol–water partition coefficient (Wildman–Crippen LogP) is 2.66. The number of hydrogen-bond acceptors (Lipinski definition) is 4. The lowest BCUT2D eigenvalue weighted by molar-refractivity contribution is 0.201. The Morgan fingerprint density at radius 3 is 2.64 bits per heavy atom. The zero-order chi connectivity index (χ0) is 17.3. The van der Waals surface area contributed by atoms with Crippen LogP contribution in [0.1, 0.15) is 36.9 Å². The van der Waals surface area contributed by atoms with Crippen LogP contribution in [0.5, 0.6) is 5.88 Å². The Morgan fingerprint density at radius 1 is 1.12 bits per heavy atom. The van der Waals surface area contributed by atoms with E-state index < -0.39 is 0 Å². The van der Waals surface area contributed by atoms with Crippen molar-refractivity contribution in [1.29, 1.82) is 0 Å². The van der Waals surface area contributed by atoms with E-state index in [1.54, 1.807) is 13.2 Å². The molecule has 0 atom stereocenters. The minimum atomic E-state index is 0.339. The van der Waals surface area contributed by atoms with Crippen LogP contribution >= 0.6 is 0 Å². The van der Waals surface area contributed by atoms with Crippen molar-refractivity contribution in [2.75, 3.05) is 7.05 Å². The number of pyridine rings is 2. The molecule has 1 fully saturated rings. The van der Waals surface area contributed by atoms with E-state index in [2.05, 4.69) is 25.6 Å². The van der Waals surface area contributed by atoms with Crippen LogP contribution in [-0.2, 0) is 13.1 Å². The molecule has 0 radical (unpaired) electrons. The summed E-state index contributed by atoms with van der Waals surface area (Å²) in [7, 11) is 1.75. The lowest BCUT2D eigenvalue weighted by Crippen LogP contribution is -2.36. The van der Waals surface area contributed by atoms with Crippen LogP contribution in [-0.4, -0.2) is 29.1 Å². The monoisotopic (exact) mass is 339 g/mol. The summed E-state index contributed by atoms with van der Waals surface area (Å²) in [6, 6.07) is 9.84. The summed E-state index contributed by atoms with van der Waals surface area (Å²) in [6.45, 7) is 1.28.